The molecule has 2 aromatic carbocycles. The molecule has 0 bridgehead atoms. The number of likely N-dealkylation sites (tertiary alicyclic amines) is 1. The fraction of sp³-hybridized carbons (Fsp3) is 0.391. The summed E-state index contributed by atoms with van der Waals surface area (Å²) in [5.74, 6) is 1.42. The molecule has 1 spiro atoms. The Morgan fingerprint density at radius 2 is 1.87 bits per heavy atom. The normalized spacial score (nSPS) is 17.7. The van der Waals surface area contributed by atoms with Crippen LogP contribution in [-0.2, 0) is 16.8 Å². The highest BCUT2D eigenvalue weighted by Crippen LogP contribution is 2.45. The molecule has 2 aliphatic heterocycles. The molecular weight excluding hydrogens is 382 g/mol. The summed E-state index contributed by atoms with van der Waals surface area (Å²) < 4.78 is 17.3. The first-order chi connectivity index (χ1) is 14.6. The van der Waals surface area contributed by atoms with Gasteiger partial charge in [0.25, 0.3) is 5.91 Å². The predicted molar refractivity (Wildman–Crippen MR) is 112 cm³/mol. The molecule has 1 saturated heterocycles. The first-order valence-corrected chi connectivity index (χ1v) is 10.3. The lowest BCUT2D eigenvalue weighted by molar-refractivity contribution is -0.0936. The number of para-hydroxylation sites is 1. The highest BCUT2D eigenvalue weighted by Gasteiger charge is 2.42. The number of benzene rings is 2. The second-order valence-corrected chi connectivity index (χ2v) is 7.87. The molecule has 7 nitrogen and oxygen atoms in total. The Labute approximate surface area is 174 Å². The zero-order chi connectivity index (χ0) is 20.7. The quantitative estimate of drug-likeness (QED) is 0.721. The highest BCUT2D eigenvalue weighted by atomic mass is 16.5. The Morgan fingerprint density at radius 1 is 1.13 bits per heavy atom. The summed E-state index contributed by atoms with van der Waals surface area (Å²) in [6, 6.07) is 11.8. The SMILES string of the molecule is COc1cc2c(cc1OC)C1(CCN(C(=O)c3n[nH]c4ccccc34)CC1)OCC2. The maximum Gasteiger partial charge on any atom is 0.274 e. The molecular formula is C23H25N3O4. The van der Waals surface area contributed by atoms with Gasteiger partial charge in [-0.25, -0.2) is 0 Å². The van der Waals surface area contributed by atoms with E-state index in [1.807, 2.05) is 35.2 Å². The number of carbonyl (C=O) groups is 1. The number of nitrogens with one attached hydrogen (secondary N) is 1. The van der Waals surface area contributed by atoms with E-state index >= 15 is 0 Å². The van der Waals surface area contributed by atoms with Crippen molar-refractivity contribution in [2.45, 2.75) is 24.9 Å². The van der Waals surface area contributed by atoms with Gasteiger partial charge in [0.05, 0.1) is 31.9 Å². The molecule has 1 aromatic heterocycles. The number of aromatic nitrogens is 2. The van der Waals surface area contributed by atoms with Gasteiger partial charge in [0.2, 0.25) is 0 Å². The molecule has 156 valence electrons. The van der Waals surface area contributed by atoms with Gasteiger partial charge in [0.1, 0.15) is 0 Å². The van der Waals surface area contributed by atoms with Crippen molar-refractivity contribution in [3.05, 3.63) is 53.2 Å². The maximum absolute atomic E-state index is 13.1. The van der Waals surface area contributed by atoms with E-state index in [2.05, 4.69) is 16.3 Å². The van der Waals surface area contributed by atoms with E-state index in [9.17, 15) is 4.79 Å². The molecule has 1 fully saturated rings. The van der Waals surface area contributed by atoms with Crippen molar-refractivity contribution >= 4 is 16.8 Å². The van der Waals surface area contributed by atoms with Gasteiger partial charge in [-0.05, 0) is 48.6 Å². The fourth-order valence-corrected chi connectivity index (χ4v) is 4.75. The van der Waals surface area contributed by atoms with Crippen LogP contribution in [0.3, 0.4) is 0 Å². The van der Waals surface area contributed by atoms with Gasteiger partial charge in [-0.1, -0.05) is 18.2 Å². The number of hydrogen-bond acceptors (Lipinski definition) is 5. The third-order valence-corrected chi connectivity index (χ3v) is 6.38. The number of ether oxygens (including phenoxy) is 3. The number of hydrogen-bond donors (Lipinski definition) is 1. The molecule has 0 aliphatic carbocycles. The molecule has 30 heavy (non-hydrogen) atoms. The average molecular weight is 407 g/mol. The number of nitrogens with zero attached hydrogens (tertiary/aromatic N) is 2. The minimum absolute atomic E-state index is 0.0364. The predicted octanol–water partition coefficient (Wildman–Crippen LogP) is 3.28. The van der Waals surface area contributed by atoms with Crippen LogP contribution in [0.4, 0.5) is 0 Å². The van der Waals surface area contributed by atoms with Crippen LogP contribution in [0.5, 0.6) is 11.5 Å². The Bertz CT molecular complexity index is 1100. The summed E-state index contributed by atoms with van der Waals surface area (Å²) >= 11 is 0. The molecule has 7 heteroatoms. The van der Waals surface area contributed by atoms with E-state index in [0.29, 0.717) is 31.1 Å². The van der Waals surface area contributed by atoms with Gasteiger partial charge in [-0.15, -0.1) is 0 Å². The fourth-order valence-electron chi connectivity index (χ4n) is 4.75. The van der Waals surface area contributed by atoms with E-state index in [-0.39, 0.29) is 5.91 Å². The molecule has 3 heterocycles. The van der Waals surface area contributed by atoms with Crippen molar-refractivity contribution in [2.75, 3.05) is 33.9 Å². The monoisotopic (exact) mass is 407 g/mol. The Morgan fingerprint density at radius 3 is 2.63 bits per heavy atom. The molecule has 0 radical (unpaired) electrons. The molecule has 0 unspecified atom stereocenters. The lowest BCUT2D eigenvalue weighted by atomic mass is 9.79. The summed E-state index contributed by atoms with van der Waals surface area (Å²) in [6.07, 6.45) is 2.33. The van der Waals surface area contributed by atoms with E-state index < -0.39 is 5.60 Å². The van der Waals surface area contributed by atoms with E-state index in [0.717, 1.165) is 41.5 Å². The van der Waals surface area contributed by atoms with E-state index in [4.69, 9.17) is 14.2 Å². The third-order valence-electron chi connectivity index (χ3n) is 6.38. The zero-order valence-corrected chi connectivity index (χ0v) is 17.2. The highest BCUT2D eigenvalue weighted by molar-refractivity contribution is 6.04. The number of piperidine rings is 1. The van der Waals surface area contributed by atoms with Crippen molar-refractivity contribution in [3.8, 4) is 11.5 Å². The van der Waals surface area contributed by atoms with Crippen molar-refractivity contribution in [2.24, 2.45) is 0 Å². The summed E-state index contributed by atoms with van der Waals surface area (Å²) in [6.45, 7) is 1.90. The van der Waals surface area contributed by atoms with Crippen molar-refractivity contribution in [1.82, 2.24) is 15.1 Å². The lowest BCUT2D eigenvalue weighted by Crippen LogP contribution is -2.48. The molecule has 0 atom stereocenters. The minimum atomic E-state index is -0.391. The van der Waals surface area contributed by atoms with Gasteiger partial charge >= 0.3 is 0 Å². The summed E-state index contributed by atoms with van der Waals surface area (Å²) in [7, 11) is 3.30. The van der Waals surface area contributed by atoms with Crippen molar-refractivity contribution in [3.63, 3.8) is 0 Å². The van der Waals surface area contributed by atoms with Gasteiger partial charge < -0.3 is 19.1 Å². The molecule has 2 aliphatic rings. The van der Waals surface area contributed by atoms with Crippen LogP contribution < -0.4 is 9.47 Å². The number of aromatic amines is 1. The largest absolute Gasteiger partial charge is 0.493 e. The number of fused-ring (bicyclic) bond motifs is 3. The molecule has 5 rings (SSSR count). The van der Waals surface area contributed by atoms with Gasteiger partial charge in [0, 0.05) is 18.5 Å². The topological polar surface area (TPSA) is 76.7 Å². The third kappa shape index (κ3) is 2.92. The smallest absolute Gasteiger partial charge is 0.274 e. The second kappa shape index (κ2) is 7.32. The second-order valence-electron chi connectivity index (χ2n) is 7.87. The Hall–Kier alpha value is -3.06. The van der Waals surface area contributed by atoms with Crippen LogP contribution in [0.2, 0.25) is 0 Å². The van der Waals surface area contributed by atoms with Crippen LogP contribution in [0.1, 0.15) is 34.5 Å². The number of amides is 1. The van der Waals surface area contributed by atoms with E-state index in [1.165, 1.54) is 5.56 Å². The standard InChI is InChI=1S/C23H25N3O4/c1-28-19-13-15-7-12-30-23(17(15)14-20(19)29-2)8-10-26(11-9-23)22(27)21-16-5-3-4-6-18(16)24-25-21/h3-6,13-14H,7-12H2,1-2H3,(H,24,25). The van der Waals surface area contributed by atoms with Gasteiger partial charge in [-0.3, -0.25) is 9.89 Å². The Balaban J connectivity index is 1.40. The number of H-pyrrole nitrogens is 1. The molecule has 0 saturated carbocycles. The van der Waals surface area contributed by atoms with Crippen molar-refractivity contribution < 1.29 is 19.0 Å². The molecule has 1 N–H and O–H groups in total. The minimum Gasteiger partial charge on any atom is -0.493 e. The van der Waals surface area contributed by atoms with E-state index in [1.54, 1.807) is 14.2 Å². The maximum atomic E-state index is 13.1. The summed E-state index contributed by atoms with van der Waals surface area (Å²) in [5, 5.41) is 8.09. The lowest BCUT2D eigenvalue weighted by Gasteiger charge is -2.45. The van der Waals surface area contributed by atoms with Crippen LogP contribution in [0, 0.1) is 0 Å². The van der Waals surface area contributed by atoms with Crippen LogP contribution >= 0.6 is 0 Å². The van der Waals surface area contributed by atoms with Crippen LogP contribution in [0.25, 0.3) is 10.9 Å². The number of methoxy groups -OCH3 is 2. The summed E-state index contributed by atoms with van der Waals surface area (Å²) in [4.78, 5) is 15.0. The van der Waals surface area contributed by atoms with Gasteiger partial charge in [-0.2, -0.15) is 5.10 Å². The zero-order valence-electron chi connectivity index (χ0n) is 17.2. The summed E-state index contributed by atoms with van der Waals surface area (Å²) in [5.41, 5.74) is 3.36. The Kier molecular flexibility index (Phi) is 4.62. The van der Waals surface area contributed by atoms with Crippen molar-refractivity contribution in [1.29, 1.82) is 0 Å². The van der Waals surface area contributed by atoms with Gasteiger partial charge in [0.15, 0.2) is 17.2 Å². The number of carbonyl (C=O) groups excluding carboxylic acids is 1. The molecule has 3 aromatic rings. The average Bonchev–Trinajstić information content (AvgIpc) is 3.23. The first kappa shape index (κ1) is 18.9. The molecule has 1 amide bonds. The van der Waals surface area contributed by atoms with Crippen LogP contribution in [-0.4, -0.2) is 54.9 Å². The van der Waals surface area contributed by atoms with Crippen LogP contribution in [0.15, 0.2) is 36.4 Å². The first-order valence-electron chi connectivity index (χ1n) is 10.3. The number of rotatable bonds is 3.